The molecule has 1 fully saturated rings. The van der Waals surface area contributed by atoms with Crippen LogP contribution in [0.4, 0.5) is 0 Å². The number of aliphatic imine (C=N–C) groups is 1. The highest BCUT2D eigenvalue weighted by Gasteiger charge is 2.21. The van der Waals surface area contributed by atoms with Crippen molar-refractivity contribution in [3.8, 4) is 11.5 Å². The van der Waals surface area contributed by atoms with Gasteiger partial charge in [0.15, 0.2) is 13.2 Å². The lowest BCUT2D eigenvalue weighted by atomic mass is 9.87. The monoisotopic (exact) mass is 496 g/mol. The minimum Gasteiger partial charge on any atom is -0.484 e. The van der Waals surface area contributed by atoms with E-state index in [0.29, 0.717) is 26.6 Å². The molecule has 0 unspecified atom stereocenters. The van der Waals surface area contributed by atoms with Gasteiger partial charge in [0.1, 0.15) is 11.5 Å². The highest BCUT2D eigenvalue weighted by atomic mass is 35.5. The topological polar surface area (TPSA) is 77.0 Å². The van der Waals surface area contributed by atoms with Gasteiger partial charge >= 0.3 is 0 Å². The fraction of sp³-hybridized carbons (Fsp3) is 0.348. The molecule has 0 atom stereocenters. The van der Waals surface area contributed by atoms with E-state index >= 15 is 0 Å². The normalized spacial score (nSPS) is 18.3. The van der Waals surface area contributed by atoms with Crippen LogP contribution in [0.1, 0.15) is 25.7 Å². The average molecular weight is 498 g/mol. The van der Waals surface area contributed by atoms with Crippen LogP contribution in [-0.2, 0) is 9.59 Å². The molecule has 2 amide bonds. The van der Waals surface area contributed by atoms with Crippen molar-refractivity contribution in [2.75, 3.05) is 13.2 Å². The van der Waals surface area contributed by atoms with Gasteiger partial charge in [-0.25, -0.2) is 4.99 Å². The molecule has 1 saturated carbocycles. The van der Waals surface area contributed by atoms with Crippen LogP contribution in [-0.4, -0.2) is 37.3 Å². The predicted octanol–water partition coefficient (Wildman–Crippen LogP) is 5.38. The van der Waals surface area contributed by atoms with Crippen molar-refractivity contribution in [1.82, 2.24) is 5.32 Å². The number of halogens is 3. The van der Waals surface area contributed by atoms with Gasteiger partial charge in [-0.1, -0.05) is 34.8 Å². The molecule has 6 nitrogen and oxygen atoms in total. The first-order valence-electron chi connectivity index (χ1n) is 10.2. The summed E-state index contributed by atoms with van der Waals surface area (Å²) in [6.45, 7) is -0.218. The molecule has 0 spiro atoms. The summed E-state index contributed by atoms with van der Waals surface area (Å²) in [5, 5.41) is 4.39. The fourth-order valence-corrected chi connectivity index (χ4v) is 3.71. The molecule has 0 bridgehead atoms. The number of amides is 2. The number of benzene rings is 2. The van der Waals surface area contributed by atoms with Crippen LogP contribution < -0.4 is 14.8 Å². The highest BCUT2D eigenvalue weighted by Crippen LogP contribution is 2.26. The van der Waals surface area contributed by atoms with Crippen molar-refractivity contribution in [2.45, 2.75) is 31.7 Å². The van der Waals surface area contributed by atoms with Crippen molar-refractivity contribution in [1.29, 1.82) is 0 Å². The Kier molecular flexibility index (Phi) is 9.21. The predicted molar refractivity (Wildman–Crippen MR) is 126 cm³/mol. The number of hydrogen-bond acceptors (Lipinski definition) is 4. The summed E-state index contributed by atoms with van der Waals surface area (Å²) in [6, 6.07) is 11.7. The van der Waals surface area contributed by atoms with Gasteiger partial charge in [-0.15, -0.1) is 0 Å². The lowest BCUT2D eigenvalue weighted by Crippen LogP contribution is -2.40. The Bertz CT molecular complexity index is 958. The summed E-state index contributed by atoms with van der Waals surface area (Å²) in [5.41, 5.74) is 0. The second-order valence-corrected chi connectivity index (χ2v) is 8.71. The smallest absolute Gasteiger partial charge is 0.283 e. The van der Waals surface area contributed by atoms with Crippen molar-refractivity contribution in [3.63, 3.8) is 0 Å². The lowest BCUT2D eigenvalue weighted by molar-refractivity contribution is -0.124. The van der Waals surface area contributed by atoms with E-state index in [-0.39, 0.29) is 37.0 Å². The maximum absolute atomic E-state index is 12.2. The maximum Gasteiger partial charge on any atom is 0.283 e. The minimum atomic E-state index is -0.338. The minimum absolute atomic E-state index is 0.0773. The first-order chi connectivity index (χ1) is 15.4. The molecule has 0 aromatic heterocycles. The molecule has 2 aromatic rings. The van der Waals surface area contributed by atoms with Crippen molar-refractivity contribution in [3.05, 3.63) is 57.5 Å². The highest BCUT2D eigenvalue weighted by molar-refractivity contribution is 6.42. The molecule has 170 valence electrons. The molecule has 1 aliphatic carbocycles. The summed E-state index contributed by atoms with van der Waals surface area (Å²) in [7, 11) is 0. The third-order valence-electron chi connectivity index (χ3n) is 5.00. The van der Waals surface area contributed by atoms with Crippen LogP contribution in [0.15, 0.2) is 47.5 Å². The summed E-state index contributed by atoms with van der Waals surface area (Å²) in [4.78, 5) is 28.1. The van der Waals surface area contributed by atoms with E-state index in [1.165, 1.54) is 0 Å². The standard InChI is InChI=1S/C23H23Cl3N2O4/c24-16-3-7-18(8-4-16)31-13-22(29)27-12-15-1-5-17(6-2-15)28-23(30)14-32-19-9-10-20(25)21(26)11-19/h3-4,7-12,15,17H,1-2,5-6,13-14H2,(H,28,30). The molecule has 32 heavy (non-hydrogen) atoms. The Morgan fingerprint density at radius 1 is 0.906 bits per heavy atom. The van der Waals surface area contributed by atoms with Gasteiger partial charge in [0.05, 0.1) is 10.0 Å². The lowest BCUT2D eigenvalue weighted by Gasteiger charge is -2.27. The van der Waals surface area contributed by atoms with Crippen LogP contribution in [0, 0.1) is 5.92 Å². The largest absolute Gasteiger partial charge is 0.484 e. The Balaban J connectivity index is 1.33. The number of rotatable bonds is 8. The first-order valence-corrected chi connectivity index (χ1v) is 11.3. The van der Waals surface area contributed by atoms with E-state index in [4.69, 9.17) is 44.3 Å². The Hall–Kier alpha value is -2.28. The molecule has 0 aliphatic heterocycles. The zero-order valence-electron chi connectivity index (χ0n) is 17.2. The second-order valence-electron chi connectivity index (χ2n) is 7.46. The molecule has 2 aromatic carbocycles. The van der Waals surface area contributed by atoms with E-state index in [0.717, 1.165) is 25.7 Å². The summed E-state index contributed by atoms with van der Waals surface area (Å²) >= 11 is 17.6. The van der Waals surface area contributed by atoms with E-state index in [1.54, 1.807) is 48.7 Å². The van der Waals surface area contributed by atoms with Crippen LogP contribution in [0.25, 0.3) is 0 Å². The number of nitrogens with zero attached hydrogens (tertiary/aromatic N) is 1. The first kappa shape index (κ1) is 24.4. The number of carbonyl (C=O) groups excluding carboxylic acids is 2. The molecule has 1 N–H and O–H groups in total. The van der Waals surface area contributed by atoms with Crippen molar-refractivity contribution < 1.29 is 19.1 Å². The van der Waals surface area contributed by atoms with E-state index < -0.39 is 0 Å². The second kappa shape index (κ2) is 12.1. The van der Waals surface area contributed by atoms with Crippen LogP contribution >= 0.6 is 34.8 Å². The molecule has 3 rings (SSSR count). The van der Waals surface area contributed by atoms with Crippen LogP contribution in [0.3, 0.4) is 0 Å². The van der Waals surface area contributed by atoms with Crippen LogP contribution in [0.5, 0.6) is 11.5 Å². The van der Waals surface area contributed by atoms with Crippen molar-refractivity contribution >= 4 is 52.8 Å². The quantitative estimate of drug-likeness (QED) is 0.497. The van der Waals surface area contributed by atoms with Gasteiger partial charge in [-0.3, -0.25) is 9.59 Å². The van der Waals surface area contributed by atoms with Gasteiger partial charge in [-0.2, -0.15) is 0 Å². The maximum atomic E-state index is 12.2. The van der Waals surface area contributed by atoms with Gasteiger partial charge < -0.3 is 14.8 Å². The summed E-state index contributed by atoms with van der Waals surface area (Å²) in [6.07, 6.45) is 5.00. The average Bonchev–Trinajstić information content (AvgIpc) is 2.79. The Morgan fingerprint density at radius 2 is 1.56 bits per heavy atom. The fourth-order valence-electron chi connectivity index (χ4n) is 3.30. The number of carbonyl (C=O) groups is 2. The van der Waals surface area contributed by atoms with Gasteiger partial charge in [-0.05, 0) is 68.0 Å². The zero-order chi connectivity index (χ0) is 22.9. The van der Waals surface area contributed by atoms with E-state index in [2.05, 4.69) is 10.3 Å². The third kappa shape index (κ3) is 8.01. The molecule has 9 heteroatoms. The summed E-state index contributed by atoms with van der Waals surface area (Å²) in [5.74, 6) is 0.726. The van der Waals surface area contributed by atoms with E-state index in [1.807, 2.05) is 0 Å². The van der Waals surface area contributed by atoms with Crippen LogP contribution in [0.2, 0.25) is 15.1 Å². The van der Waals surface area contributed by atoms with E-state index in [9.17, 15) is 9.59 Å². The van der Waals surface area contributed by atoms with Gasteiger partial charge in [0.2, 0.25) is 0 Å². The van der Waals surface area contributed by atoms with Gasteiger partial charge in [0, 0.05) is 23.3 Å². The molecule has 0 radical (unpaired) electrons. The Morgan fingerprint density at radius 3 is 2.25 bits per heavy atom. The molecule has 1 aliphatic rings. The Labute approximate surface area is 201 Å². The number of nitrogens with one attached hydrogen (secondary N) is 1. The number of hydrogen-bond donors (Lipinski definition) is 1. The molecule has 0 heterocycles. The SMILES string of the molecule is O=C(COc1ccc(Cl)cc1)N=CC1CCC(NC(=O)COc2ccc(Cl)c(Cl)c2)CC1. The zero-order valence-corrected chi connectivity index (χ0v) is 19.5. The van der Waals surface area contributed by atoms with Gasteiger partial charge in [0.25, 0.3) is 11.8 Å². The summed E-state index contributed by atoms with van der Waals surface area (Å²) < 4.78 is 10.9. The molecular formula is C23H23Cl3N2O4. The third-order valence-corrected chi connectivity index (χ3v) is 5.99. The molecule has 0 saturated heterocycles. The number of ether oxygens (including phenoxy) is 2. The van der Waals surface area contributed by atoms with Crippen molar-refractivity contribution in [2.24, 2.45) is 10.9 Å². The molecular weight excluding hydrogens is 475 g/mol.